The van der Waals surface area contributed by atoms with E-state index in [4.69, 9.17) is 11.6 Å². The number of amides is 3. The summed E-state index contributed by atoms with van der Waals surface area (Å²) in [4.78, 5) is 31.7. The number of alkyl halides is 8. The number of hydrogen-bond acceptors (Lipinski definition) is 7. The molecule has 2 N–H and O–H groups in total. The number of rotatable bonds is 11. The fraction of sp³-hybridized carbons (Fsp3) is 0.390. The summed E-state index contributed by atoms with van der Waals surface area (Å²) in [6.45, 7) is 1.17. The highest BCUT2D eigenvalue weighted by Crippen LogP contribution is 2.52. The van der Waals surface area contributed by atoms with Gasteiger partial charge in [-0.3, -0.25) is 18.4 Å². The van der Waals surface area contributed by atoms with Crippen LogP contribution in [0.25, 0.3) is 22.0 Å². The molecule has 66 heavy (non-hydrogen) atoms. The largest absolute Gasteiger partial charge is 0.593 e. The number of fused-ring (bicyclic) bond motifs is 2. The molecule has 0 spiro atoms. The molecule has 25 heteroatoms. The zero-order valence-electron chi connectivity index (χ0n) is 35.3. The molecule has 3 unspecified atom stereocenters. The van der Waals surface area contributed by atoms with E-state index in [2.05, 4.69) is 37.7 Å². The first kappa shape index (κ1) is 50.0. The van der Waals surface area contributed by atoms with E-state index in [0.29, 0.717) is 15.1 Å². The lowest BCUT2D eigenvalue weighted by molar-refractivity contribution is -0.143. The lowest BCUT2D eigenvalue weighted by Crippen LogP contribution is -2.42. The third kappa shape index (κ3) is 10.4. The molecule has 3 amide bonds. The zero-order chi connectivity index (χ0) is 49.0. The Morgan fingerprint density at radius 2 is 1.68 bits per heavy atom. The van der Waals surface area contributed by atoms with Crippen LogP contribution in [-0.2, 0) is 58.6 Å². The molecule has 1 aliphatic carbocycles. The Kier molecular flexibility index (Phi) is 13.9. The van der Waals surface area contributed by atoms with Crippen molar-refractivity contribution in [2.45, 2.75) is 81.7 Å². The second-order valence-electron chi connectivity index (χ2n) is 15.7. The van der Waals surface area contributed by atoms with Gasteiger partial charge in [0.1, 0.15) is 47.1 Å². The monoisotopic (exact) mass is 994 g/mol. The Morgan fingerprint density at radius 1 is 1.05 bits per heavy atom. The normalized spacial score (nSPS) is 16.3. The van der Waals surface area contributed by atoms with Crippen LogP contribution < -0.4 is 14.9 Å². The summed E-state index contributed by atoms with van der Waals surface area (Å²) >= 11 is 4.34. The summed E-state index contributed by atoms with van der Waals surface area (Å²) in [7, 11) is -0.378. The van der Waals surface area contributed by atoms with Crippen molar-refractivity contribution in [2.24, 2.45) is 0 Å². The average molecular weight is 995 g/mol. The van der Waals surface area contributed by atoms with E-state index in [0.717, 1.165) is 32.4 Å². The van der Waals surface area contributed by atoms with Crippen molar-refractivity contribution in [3.8, 4) is 23.0 Å². The molecule has 2 aromatic carbocycles. The molecule has 354 valence electrons. The molecule has 0 saturated carbocycles. The Hall–Kier alpha value is -5.38. The van der Waals surface area contributed by atoms with Crippen LogP contribution in [0.4, 0.5) is 54.5 Å². The van der Waals surface area contributed by atoms with E-state index in [9.17, 15) is 53.5 Å². The maximum atomic E-state index is 15.3. The Labute approximate surface area is 380 Å². The summed E-state index contributed by atoms with van der Waals surface area (Å²) in [6.07, 6.45) is -9.38. The predicted octanol–water partition coefficient (Wildman–Crippen LogP) is 8.45. The second-order valence-corrected chi connectivity index (χ2v) is 19.3. The first-order valence-electron chi connectivity index (χ1n) is 19.3. The number of aromatic nitrogens is 5. The SMILES string of the molecule is CNC(=O)N(c1nn(CC(F)(F)F)c2c(-c3ccc(C#CC(C)(C)S(C)=O)nc3C(Cc3cc(F)cc(F)c3)NC(=O)Cn3nc(C(F)(F)F)c4c3C(F)(F)C[C@@H]4C)ccc(Cl)c12)[S+](C)[O-]. The van der Waals surface area contributed by atoms with Crippen LogP contribution >= 0.6 is 11.6 Å². The van der Waals surface area contributed by atoms with Crippen LogP contribution in [-0.4, -0.2) is 75.7 Å². The topological polar surface area (TPSA) is 150 Å². The van der Waals surface area contributed by atoms with Crippen LogP contribution in [0.15, 0.2) is 42.5 Å². The molecule has 6 rings (SSSR count). The van der Waals surface area contributed by atoms with E-state index >= 15 is 8.78 Å². The first-order valence-corrected chi connectivity index (χ1v) is 22.8. The van der Waals surface area contributed by atoms with Crippen molar-refractivity contribution in [2.75, 3.05) is 23.9 Å². The van der Waals surface area contributed by atoms with Crippen molar-refractivity contribution in [1.29, 1.82) is 0 Å². The molecular weight excluding hydrogens is 958 g/mol. The molecule has 4 atom stereocenters. The van der Waals surface area contributed by atoms with Crippen LogP contribution in [0, 0.1) is 23.5 Å². The van der Waals surface area contributed by atoms with Gasteiger partial charge in [-0.05, 0) is 68.0 Å². The van der Waals surface area contributed by atoms with Crippen molar-refractivity contribution in [3.63, 3.8) is 0 Å². The molecule has 12 nitrogen and oxygen atoms in total. The predicted molar refractivity (Wildman–Crippen MR) is 225 cm³/mol. The van der Waals surface area contributed by atoms with E-state index in [1.54, 1.807) is 13.8 Å². The maximum absolute atomic E-state index is 15.3. The van der Waals surface area contributed by atoms with Gasteiger partial charge in [-0.25, -0.2) is 18.6 Å². The number of anilines is 1. The molecular formula is C41H37ClF10N8O4S2. The number of benzene rings is 2. The van der Waals surface area contributed by atoms with Gasteiger partial charge in [-0.15, -0.1) is 5.10 Å². The number of carbonyl (C=O) groups excluding carboxylic acids is 2. The quantitative estimate of drug-likeness (QED) is 0.0767. The highest BCUT2D eigenvalue weighted by molar-refractivity contribution is 7.92. The Bertz CT molecular complexity index is 2800. The number of carbonyl (C=O) groups is 2. The van der Waals surface area contributed by atoms with Crippen LogP contribution in [0.2, 0.25) is 5.02 Å². The molecule has 3 aromatic heterocycles. The van der Waals surface area contributed by atoms with Gasteiger partial charge in [0.25, 0.3) is 5.92 Å². The van der Waals surface area contributed by atoms with Crippen LogP contribution in [0.1, 0.15) is 73.1 Å². The lowest BCUT2D eigenvalue weighted by atomic mass is 9.93. The van der Waals surface area contributed by atoms with Gasteiger partial charge >= 0.3 is 18.4 Å². The lowest BCUT2D eigenvalue weighted by Gasteiger charge is -2.23. The zero-order valence-corrected chi connectivity index (χ0v) is 37.7. The van der Waals surface area contributed by atoms with Crippen molar-refractivity contribution >= 4 is 62.4 Å². The third-order valence-electron chi connectivity index (χ3n) is 10.4. The van der Waals surface area contributed by atoms with Crippen molar-refractivity contribution in [1.82, 2.24) is 35.2 Å². The first-order chi connectivity index (χ1) is 30.5. The molecule has 1 aliphatic rings. The molecule has 0 fully saturated rings. The molecule has 0 bridgehead atoms. The highest BCUT2D eigenvalue weighted by Gasteiger charge is 2.53. The summed E-state index contributed by atoms with van der Waals surface area (Å²) in [5, 5.41) is 11.5. The average Bonchev–Trinajstić information content (AvgIpc) is 3.83. The number of pyridine rings is 1. The highest BCUT2D eigenvalue weighted by atomic mass is 35.5. The Morgan fingerprint density at radius 3 is 2.26 bits per heavy atom. The number of nitrogens with zero attached hydrogens (tertiary/aromatic N) is 6. The fourth-order valence-electron chi connectivity index (χ4n) is 7.46. The minimum absolute atomic E-state index is 0.118. The standard InChI is InChI=1S/C41H37ClF10N8O4S2/c1-20-17-39(45,46)35-30(20)34(41(50,51)52)56-58(35)18-29(61)55-28(15-21-13-22(43)16-23(44)14-21)32-25(8-7-24(54-32)11-12-38(2,3)65(5)63)26-9-10-27(42)31-33(26)59(19-40(47,48)49)57-36(31)60(66(6)64)37(62)53-4/h7-10,13-14,16,20,28H,15,17-19H2,1-6H3,(H,53,62)(H,55,61)/t20-,28?,65?,66?/m0/s1. The minimum Gasteiger partial charge on any atom is -0.593 e. The van der Waals surface area contributed by atoms with Crippen molar-refractivity contribution in [3.05, 3.63) is 93.0 Å². The van der Waals surface area contributed by atoms with E-state index in [1.165, 1.54) is 30.5 Å². The summed E-state index contributed by atoms with van der Waals surface area (Å²) < 4.78 is 171. The van der Waals surface area contributed by atoms with Crippen LogP contribution in [0.5, 0.6) is 0 Å². The summed E-state index contributed by atoms with van der Waals surface area (Å²) in [5.74, 6) is -3.63. The molecule has 5 aromatic rings. The van der Waals surface area contributed by atoms with Gasteiger partial charge in [0.15, 0.2) is 5.69 Å². The van der Waals surface area contributed by atoms with E-state index < -0.39 is 135 Å². The minimum atomic E-state index is -5.20. The fourth-order valence-corrected chi connectivity index (χ4v) is 8.59. The van der Waals surface area contributed by atoms with E-state index in [1.807, 2.05) is 0 Å². The maximum Gasteiger partial charge on any atom is 0.435 e. The Balaban J connectivity index is 1.63. The smallest absolute Gasteiger partial charge is 0.435 e. The van der Waals surface area contributed by atoms with Gasteiger partial charge in [-0.2, -0.15) is 40.2 Å². The molecule has 0 aliphatic heterocycles. The van der Waals surface area contributed by atoms with Gasteiger partial charge in [-0.1, -0.05) is 34.8 Å². The van der Waals surface area contributed by atoms with Gasteiger partial charge in [0.2, 0.25) is 11.7 Å². The summed E-state index contributed by atoms with van der Waals surface area (Å²) in [5.41, 5.74) is -4.95. The number of nitrogens with one attached hydrogen (secondary N) is 2. The third-order valence-corrected chi connectivity index (χ3v) is 13.1. The second kappa shape index (κ2) is 18.4. The van der Waals surface area contributed by atoms with Crippen LogP contribution in [0.3, 0.4) is 0 Å². The molecule has 3 heterocycles. The molecule has 0 saturated heterocycles. The number of halogens is 11. The molecule has 0 radical (unpaired) electrons. The van der Waals surface area contributed by atoms with Gasteiger partial charge in [0.05, 0.1) is 39.0 Å². The van der Waals surface area contributed by atoms with Gasteiger partial charge < -0.3 is 15.2 Å². The van der Waals surface area contributed by atoms with Crippen molar-refractivity contribution < 1.29 is 62.3 Å². The number of urea groups is 1. The number of hydrogen-bond donors (Lipinski definition) is 2. The van der Waals surface area contributed by atoms with Gasteiger partial charge in [0, 0.05) is 53.3 Å². The summed E-state index contributed by atoms with van der Waals surface area (Å²) in [6, 6.07) is 4.55. The van der Waals surface area contributed by atoms with E-state index in [-0.39, 0.29) is 43.2 Å².